The lowest BCUT2D eigenvalue weighted by Gasteiger charge is -2.23. The van der Waals surface area contributed by atoms with Crippen LogP contribution in [0.2, 0.25) is 5.02 Å². The number of likely N-dealkylation sites (tertiary alicyclic amines) is 1. The summed E-state index contributed by atoms with van der Waals surface area (Å²) in [6.45, 7) is 6.15. The van der Waals surface area contributed by atoms with Crippen LogP contribution in [-0.4, -0.2) is 35.4 Å². The summed E-state index contributed by atoms with van der Waals surface area (Å²) in [7, 11) is 1.60. The summed E-state index contributed by atoms with van der Waals surface area (Å²) in [4.78, 5) is 27.9. The third-order valence-corrected chi connectivity index (χ3v) is 6.61. The fourth-order valence-electron chi connectivity index (χ4n) is 4.48. The highest BCUT2D eigenvalue weighted by Crippen LogP contribution is 2.41. The standard InChI is InChI=1S/C28H28ClNO5/c1-16(2)20-15-21(17(3)14-23(20)34-4)26(31)24-25(22-6-5-13-35-22)30(28(33)27(24)32)12-11-18-7-9-19(29)10-8-18/h5-10,13-16,25,31H,11-12H2,1-4H3/b26-24+. The van der Waals surface area contributed by atoms with Crippen molar-refractivity contribution < 1.29 is 23.8 Å². The molecule has 35 heavy (non-hydrogen) atoms. The number of nitrogens with zero attached hydrogens (tertiary/aromatic N) is 1. The fraction of sp³-hybridized carbons (Fsp3) is 0.286. The van der Waals surface area contributed by atoms with Crippen molar-refractivity contribution in [2.75, 3.05) is 13.7 Å². The Hall–Kier alpha value is -3.51. The summed E-state index contributed by atoms with van der Waals surface area (Å²) in [6.07, 6.45) is 2.00. The molecule has 0 spiro atoms. The van der Waals surface area contributed by atoms with Gasteiger partial charge >= 0.3 is 0 Å². The van der Waals surface area contributed by atoms with Crippen LogP contribution in [0.5, 0.6) is 5.75 Å². The number of aliphatic hydroxyl groups excluding tert-OH is 1. The molecule has 6 nitrogen and oxygen atoms in total. The summed E-state index contributed by atoms with van der Waals surface area (Å²) < 4.78 is 11.1. The molecule has 1 aliphatic rings. The minimum absolute atomic E-state index is 0.0176. The number of hydrogen-bond donors (Lipinski definition) is 1. The van der Waals surface area contributed by atoms with Crippen molar-refractivity contribution in [2.24, 2.45) is 0 Å². The normalized spacial score (nSPS) is 17.4. The second kappa shape index (κ2) is 10.0. The van der Waals surface area contributed by atoms with Gasteiger partial charge in [-0.2, -0.15) is 0 Å². The molecule has 2 aromatic carbocycles. The van der Waals surface area contributed by atoms with Crippen LogP contribution in [-0.2, 0) is 16.0 Å². The van der Waals surface area contributed by atoms with Crippen LogP contribution in [0.1, 0.15) is 53.8 Å². The van der Waals surface area contributed by atoms with Crippen molar-refractivity contribution in [1.29, 1.82) is 0 Å². The van der Waals surface area contributed by atoms with E-state index in [9.17, 15) is 14.7 Å². The van der Waals surface area contributed by atoms with Gasteiger partial charge in [-0.3, -0.25) is 9.59 Å². The van der Waals surface area contributed by atoms with E-state index in [-0.39, 0.29) is 23.8 Å². The molecule has 1 saturated heterocycles. The van der Waals surface area contributed by atoms with Crippen LogP contribution >= 0.6 is 11.6 Å². The van der Waals surface area contributed by atoms with E-state index < -0.39 is 17.7 Å². The number of ketones is 1. The summed E-state index contributed by atoms with van der Waals surface area (Å²) in [5.41, 5.74) is 3.10. The van der Waals surface area contributed by atoms with E-state index in [2.05, 4.69) is 0 Å². The molecular weight excluding hydrogens is 466 g/mol. The van der Waals surface area contributed by atoms with Crippen molar-refractivity contribution in [2.45, 2.75) is 39.2 Å². The molecule has 1 fully saturated rings. The number of benzene rings is 2. The van der Waals surface area contributed by atoms with Gasteiger partial charge in [0.05, 0.1) is 18.9 Å². The first kappa shape index (κ1) is 24.6. The summed E-state index contributed by atoms with van der Waals surface area (Å²) in [6, 6.07) is 13.6. The van der Waals surface area contributed by atoms with Crippen LogP contribution < -0.4 is 4.74 Å². The first-order valence-corrected chi connectivity index (χ1v) is 11.9. The minimum Gasteiger partial charge on any atom is -0.507 e. The Bertz CT molecular complexity index is 1280. The van der Waals surface area contributed by atoms with Gasteiger partial charge in [-0.05, 0) is 72.4 Å². The molecule has 182 valence electrons. The van der Waals surface area contributed by atoms with E-state index in [0.717, 1.165) is 16.7 Å². The summed E-state index contributed by atoms with van der Waals surface area (Å²) in [5, 5.41) is 12.1. The van der Waals surface area contributed by atoms with Gasteiger partial charge in [0, 0.05) is 17.1 Å². The van der Waals surface area contributed by atoms with Gasteiger partial charge in [0.2, 0.25) is 0 Å². The number of amides is 1. The molecule has 3 aromatic rings. The molecule has 0 bridgehead atoms. The van der Waals surface area contributed by atoms with Gasteiger partial charge in [0.1, 0.15) is 23.3 Å². The highest BCUT2D eigenvalue weighted by Gasteiger charge is 2.47. The Balaban J connectivity index is 1.80. The SMILES string of the molecule is COc1cc(C)c(/C(O)=C2\C(=O)C(=O)N(CCc3ccc(Cl)cc3)C2c2ccco2)cc1C(C)C. The molecule has 2 heterocycles. The number of methoxy groups -OCH3 is 1. The zero-order chi connectivity index (χ0) is 25.3. The third-order valence-electron chi connectivity index (χ3n) is 6.36. The molecule has 1 N–H and O–H groups in total. The van der Waals surface area contributed by atoms with E-state index >= 15 is 0 Å². The summed E-state index contributed by atoms with van der Waals surface area (Å²) >= 11 is 5.98. The zero-order valence-electron chi connectivity index (χ0n) is 20.2. The molecule has 1 atom stereocenters. The highest BCUT2D eigenvalue weighted by atomic mass is 35.5. The number of carbonyl (C=O) groups excluding carboxylic acids is 2. The monoisotopic (exact) mass is 493 g/mol. The fourth-order valence-corrected chi connectivity index (χ4v) is 4.61. The molecule has 1 unspecified atom stereocenters. The maximum atomic E-state index is 13.3. The van der Waals surface area contributed by atoms with E-state index in [1.165, 1.54) is 11.2 Å². The second-order valence-electron chi connectivity index (χ2n) is 8.95. The Morgan fingerprint density at radius 2 is 1.89 bits per heavy atom. The molecule has 1 amide bonds. The van der Waals surface area contributed by atoms with Crippen molar-refractivity contribution in [3.8, 4) is 5.75 Å². The van der Waals surface area contributed by atoms with Gasteiger partial charge < -0.3 is 19.2 Å². The first-order valence-electron chi connectivity index (χ1n) is 11.5. The summed E-state index contributed by atoms with van der Waals surface area (Å²) in [5.74, 6) is -0.379. The predicted octanol–water partition coefficient (Wildman–Crippen LogP) is 6.04. The lowest BCUT2D eigenvalue weighted by Crippen LogP contribution is -2.31. The Labute approximate surface area is 209 Å². The number of aryl methyl sites for hydroxylation is 1. The maximum absolute atomic E-state index is 13.3. The molecule has 0 radical (unpaired) electrons. The number of rotatable bonds is 7. The molecule has 0 aliphatic carbocycles. The van der Waals surface area contributed by atoms with Crippen LogP contribution in [0.25, 0.3) is 5.76 Å². The number of hydrogen-bond acceptors (Lipinski definition) is 5. The number of Topliss-reactive ketones (excluding diaryl/α,β-unsaturated/α-hetero) is 1. The predicted molar refractivity (Wildman–Crippen MR) is 135 cm³/mol. The molecule has 1 aromatic heterocycles. The molecule has 7 heteroatoms. The van der Waals surface area contributed by atoms with Crippen molar-refractivity contribution in [3.63, 3.8) is 0 Å². The lowest BCUT2D eigenvalue weighted by atomic mass is 9.92. The Morgan fingerprint density at radius 1 is 1.17 bits per heavy atom. The smallest absolute Gasteiger partial charge is 0.295 e. The highest BCUT2D eigenvalue weighted by molar-refractivity contribution is 6.46. The topological polar surface area (TPSA) is 80.0 Å². The van der Waals surface area contributed by atoms with E-state index in [0.29, 0.717) is 28.5 Å². The second-order valence-corrected chi connectivity index (χ2v) is 9.38. The van der Waals surface area contributed by atoms with Crippen molar-refractivity contribution in [1.82, 2.24) is 4.90 Å². The van der Waals surface area contributed by atoms with Crippen LogP contribution in [0.3, 0.4) is 0 Å². The maximum Gasteiger partial charge on any atom is 0.295 e. The van der Waals surface area contributed by atoms with Gasteiger partial charge in [0.25, 0.3) is 11.7 Å². The third kappa shape index (κ3) is 4.71. The molecule has 4 rings (SSSR count). The zero-order valence-corrected chi connectivity index (χ0v) is 20.9. The van der Waals surface area contributed by atoms with Gasteiger partial charge in [-0.15, -0.1) is 0 Å². The Kier molecular flexibility index (Phi) is 7.03. The number of aliphatic hydroxyl groups is 1. The van der Waals surface area contributed by atoms with Gasteiger partial charge in [-0.1, -0.05) is 37.6 Å². The van der Waals surface area contributed by atoms with Crippen LogP contribution in [0, 0.1) is 6.92 Å². The van der Waals surface area contributed by atoms with E-state index in [1.807, 2.05) is 45.0 Å². The lowest BCUT2D eigenvalue weighted by molar-refractivity contribution is -0.140. The average Bonchev–Trinajstić information content (AvgIpc) is 3.45. The molecule has 1 aliphatic heterocycles. The number of halogens is 1. The van der Waals surface area contributed by atoms with Crippen LogP contribution in [0.15, 0.2) is 64.8 Å². The first-order chi connectivity index (χ1) is 16.7. The van der Waals surface area contributed by atoms with E-state index in [1.54, 1.807) is 31.4 Å². The average molecular weight is 494 g/mol. The van der Waals surface area contributed by atoms with E-state index in [4.69, 9.17) is 20.8 Å². The van der Waals surface area contributed by atoms with Crippen molar-refractivity contribution in [3.05, 3.63) is 93.4 Å². The van der Waals surface area contributed by atoms with Crippen molar-refractivity contribution >= 4 is 29.1 Å². The quantitative estimate of drug-likeness (QED) is 0.246. The minimum atomic E-state index is -0.832. The molecular formula is C28H28ClNO5. The molecule has 0 saturated carbocycles. The van der Waals surface area contributed by atoms with Crippen LogP contribution in [0.4, 0.5) is 0 Å². The number of furan rings is 1. The largest absolute Gasteiger partial charge is 0.507 e. The number of carbonyl (C=O) groups is 2. The van der Waals surface area contributed by atoms with Gasteiger partial charge in [-0.25, -0.2) is 0 Å². The Morgan fingerprint density at radius 3 is 2.49 bits per heavy atom. The van der Waals surface area contributed by atoms with Gasteiger partial charge in [0.15, 0.2) is 0 Å². The number of ether oxygens (including phenoxy) is 1.